The molecule has 0 amide bonds. The van der Waals surface area contributed by atoms with E-state index in [-0.39, 0.29) is 41.1 Å². The first-order valence-corrected chi connectivity index (χ1v) is 9.29. The predicted octanol–water partition coefficient (Wildman–Crippen LogP) is 3.80. The average Bonchev–Trinajstić information content (AvgIpc) is 3.32. The van der Waals surface area contributed by atoms with E-state index in [2.05, 4.69) is 20.5 Å². The summed E-state index contributed by atoms with van der Waals surface area (Å²) in [6, 6.07) is 1.70. The molecule has 1 unspecified atom stereocenters. The maximum absolute atomic E-state index is 12.8. The molecule has 1 fully saturated rings. The number of rotatable bonds is 6. The zero-order valence-corrected chi connectivity index (χ0v) is 16.2. The molecule has 0 spiro atoms. The lowest BCUT2D eigenvalue weighted by Crippen LogP contribution is -2.11. The van der Waals surface area contributed by atoms with Gasteiger partial charge in [0.15, 0.2) is 0 Å². The van der Waals surface area contributed by atoms with E-state index in [4.69, 9.17) is 9.26 Å². The molecule has 27 heavy (non-hydrogen) atoms. The Morgan fingerprint density at radius 1 is 1.37 bits per heavy atom. The standard InChI is InChI=1S/C18H27N5O4/c1-5-26-17(25)15-14(16(24)23(21-15)11-8-6-7-9-11)20-19-13-10-12(27-22-13)18(2,3)4/h10-11,17,24-25H,5-9H2,1-4H3/p-1. The molecule has 9 heteroatoms. The number of hydrogen-bond acceptors (Lipinski definition) is 8. The SMILES string of the molecule is CCOC(O)c1nn(C2CCCC2)c([O-])c1N=Nc1cc(C(C)(C)C)on1. The first-order valence-electron chi connectivity index (χ1n) is 9.29. The first kappa shape index (κ1) is 19.5. The molecule has 0 bridgehead atoms. The van der Waals surface area contributed by atoms with Gasteiger partial charge < -0.3 is 19.5 Å². The highest BCUT2D eigenvalue weighted by Crippen LogP contribution is 2.40. The molecule has 2 heterocycles. The molecule has 1 N–H and O–H groups in total. The molecule has 1 aliphatic rings. The van der Waals surface area contributed by atoms with Crippen molar-refractivity contribution < 1.29 is 19.5 Å². The van der Waals surface area contributed by atoms with Crippen LogP contribution in [-0.2, 0) is 10.2 Å². The van der Waals surface area contributed by atoms with Crippen LogP contribution in [0.25, 0.3) is 0 Å². The Kier molecular flexibility index (Phi) is 5.61. The third-order valence-electron chi connectivity index (χ3n) is 4.59. The Labute approximate surface area is 158 Å². The number of aliphatic hydroxyl groups is 1. The summed E-state index contributed by atoms with van der Waals surface area (Å²) >= 11 is 0. The Hall–Kier alpha value is -2.26. The van der Waals surface area contributed by atoms with E-state index in [0.29, 0.717) is 5.76 Å². The number of hydrogen-bond donors (Lipinski definition) is 1. The van der Waals surface area contributed by atoms with Gasteiger partial charge in [0.1, 0.15) is 17.1 Å². The first-order chi connectivity index (χ1) is 12.8. The molecular formula is C18H26N5O4-. The quantitative estimate of drug-likeness (QED) is 0.604. The molecule has 2 aromatic rings. The molecule has 0 aromatic carbocycles. The van der Waals surface area contributed by atoms with E-state index in [0.717, 1.165) is 25.7 Å². The number of azo groups is 1. The highest BCUT2D eigenvalue weighted by atomic mass is 16.6. The van der Waals surface area contributed by atoms with E-state index in [9.17, 15) is 10.2 Å². The van der Waals surface area contributed by atoms with Crippen molar-refractivity contribution in [2.75, 3.05) is 6.61 Å². The molecule has 1 saturated carbocycles. The molecule has 0 radical (unpaired) electrons. The van der Waals surface area contributed by atoms with Crippen LogP contribution in [-0.4, -0.2) is 26.7 Å². The van der Waals surface area contributed by atoms with E-state index < -0.39 is 6.29 Å². The van der Waals surface area contributed by atoms with Crippen molar-refractivity contribution in [3.05, 3.63) is 17.5 Å². The highest BCUT2D eigenvalue weighted by molar-refractivity contribution is 5.51. The molecule has 9 nitrogen and oxygen atoms in total. The van der Waals surface area contributed by atoms with Crippen LogP contribution in [0.2, 0.25) is 0 Å². The van der Waals surface area contributed by atoms with Crippen molar-refractivity contribution in [2.24, 2.45) is 10.2 Å². The van der Waals surface area contributed by atoms with Crippen LogP contribution >= 0.6 is 0 Å². The second-order valence-corrected chi connectivity index (χ2v) is 7.73. The van der Waals surface area contributed by atoms with Gasteiger partial charge in [-0.15, -0.1) is 10.2 Å². The van der Waals surface area contributed by atoms with Crippen LogP contribution in [0.1, 0.15) is 77.2 Å². The van der Waals surface area contributed by atoms with Gasteiger partial charge in [0.2, 0.25) is 12.1 Å². The van der Waals surface area contributed by atoms with Crippen LogP contribution < -0.4 is 5.11 Å². The second-order valence-electron chi connectivity index (χ2n) is 7.73. The van der Waals surface area contributed by atoms with Gasteiger partial charge in [0.05, 0.1) is 6.04 Å². The molecule has 1 aliphatic carbocycles. The average molecular weight is 376 g/mol. The largest absolute Gasteiger partial charge is 0.857 e. The minimum absolute atomic E-state index is 0.0218. The van der Waals surface area contributed by atoms with Gasteiger partial charge in [-0.3, -0.25) is 4.68 Å². The van der Waals surface area contributed by atoms with Gasteiger partial charge in [-0.25, -0.2) is 0 Å². The van der Waals surface area contributed by atoms with Gasteiger partial charge in [0, 0.05) is 24.0 Å². The molecule has 148 valence electrons. The summed E-state index contributed by atoms with van der Waals surface area (Å²) in [4.78, 5) is 0. The number of ether oxygens (including phenoxy) is 1. The van der Waals surface area contributed by atoms with Crippen molar-refractivity contribution in [1.82, 2.24) is 14.9 Å². The molecule has 2 aromatic heterocycles. The molecular weight excluding hydrogens is 350 g/mol. The number of aromatic nitrogens is 3. The van der Waals surface area contributed by atoms with Crippen molar-refractivity contribution in [1.29, 1.82) is 0 Å². The van der Waals surface area contributed by atoms with E-state index in [1.165, 1.54) is 4.68 Å². The summed E-state index contributed by atoms with van der Waals surface area (Å²) < 4.78 is 11.9. The fourth-order valence-corrected chi connectivity index (χ4v) is 3.09. The molecule has 0 aliphatic heterocycles. The lowest BCUT2D eigenvalue weighted by molar-refractivity contribution is -0.279. The lowest BCUT2D eigenvalue weighted by atomic mass is 9.93. The normalized spacial score (nSPS) is 17.2. The van der Waals surface area contributed by atoms with Crippen molar-refractivity contribution in [3.63, 3.8) is 0 Å². The lowest BCUT2D eigenvalue weighted by Gasteiger charge is -2.16. The summed E-state index contributed by atoms with van der Waals surface area (Å²) in [6.45, 7) is 8.01. The summed E-state index contributed by atoms with van der Waals surface area (Å²) in [5.41, 5.74) is -0.158. The number of nitrogens with zero attached hydrogens (tertiary/aromatic N) is 5. The summed E-state index contributed by atoms with van der Waals surface area (Å²) in [7, 11) is 0. The van der Waals surface area contributed by atoms with Crippen molar-refractivity contribution in [3.8, 4) is 5.88 Å². The third kappa shape index (κ3) is 4.19. The fraction of sp³-hybridized carbons (Fsp3) is 0.667. The monoisotopic (exact) mass is 376 g/mol. The smallest absolute Gasteiger partial charge is 0.217 e. The van der Waals surface area contributed by atoms with Crippen LogP contribution in [0.5, 0.6) is 5.88 Å². The molecule has 3 rings (SSSR count). The van der Waals surface area contributed by atoms with E-state index in [1.807, 2.05) is 20.8 Å². The summed E-state index contributed by atoms with van der Waals surface area (Å²) in [5.74, 6) is 0.541. The van der Waals surface area contributed by atoms with Gasteiger partial charge in [-0.05, 0) is 19.8 Å². The Morgan fingerprint density at radius 3 is 2.67 bits per heavy atom. The Bertz CT molecular complexity index is 799. The highest BCUT2D eigenvalue weighted by Gasteiger charge is 2.25. The molecule has 0 saturated heterocycles. The van der Waals surface area contributed by atoms with E-state index in [1.54, 1.807) is 13.0 Å². The van der Waals surface area contributed by atoms with Crippen molar-refractivity contribution in [2.45, 2.75) is 71.1 Å². The minimum atomic E-state index is -1.33. The Balaban J connectivity index is 1.93. The van der Waals surface area contributed by atoms with Crippen LogP contribution in [0, 0.1) is 0 Å². The van der Waals surface area contributed by atoms with Crippen molar-refractivity contribution >= 4 is 11.5 Å². The summed E-state index contributed by atoms with van der Waals surface area (Å²) in [6.07, 6.45) is 2.55. The van der Waals surface area contributed by atoms with Crippen LogP contribution in [0.4, 0.5) is 11.5 Å². The zero-order valence-electron chi connectivity index (χ0n) is 16.2. The topological polar surface area (TPSA) is 121 Å². The predicted molar refractivity (Wildman–Crippen MR) is 95.1 cm³/mol. The summed E-state index contributed by atoms with van der Waals surface area (Å²) in [5, 5.41) is 39.2. The maximum atomic E-state index is 12.8. The minimum Gasteiger partial charge on any atom is -0.857 e. The van der Waals surface area contributed by atoms with Gasteiger partial charge in [-0.1, -0.05) is 38.8 Å². The third-order valence-corrected chi connectivity index (χ3v) is 4.59. The fourth-order valence-electron chi connectivity index (χ4n) is 3.09. The molecule has 1 atom stereocenters. The zero-order chi connectivity index (χ0) is 19.6. The van der Waals surface area contributed by atoms with E-state index >= 15 is 0 Å². The van der Waals surface area contributed by atoms with Crippen LogP contribution in [0.3, 0.4) is 0 Å². The number of aliphatic hydroxyl groups excluding tert-OH is 1. The second kappa shape index (κ2) is 7.77. The van der Waals surface area contributed by atoms with Gasteiger partial charge in [0.25, 0.3) is 0 Å². The Morgan fingerprint density at radius 2 is 2.07 bits per heavy atom. The maximum Gasteiger partial charge on any atom is 0.217 e. The van der Waals surface area contributed by atoms with Gasteiger partial charge >= 0.3 is 0 Å². The van der Waals surface area contributed by atoms with Gasteiger partial charge in [-0.2, -0.15) is 5.10 Å². The van der Waals surface area contributed by atoms with Crippen LogP contribution in [0.15, 0.2) is 20.8 Å².